The van der Waals surface area contributed by atoms with Crippen molar-refractivity contribution in [2.45, 2.75) is 0 Å². The number of carboxylic acids is 1. The standard InChI is InChI=1S/C6H4INO2.Li/c7-5-1-2-8-3-4(5)6(9)10;/h1-3H,(H,9,10);/q;+1/p-1. The maximum Gasteiger partial charge on any atom is 1.00 e. The molecule has 0 spiro atoms. The molecule has 1 rings (SSSR count). The zero-order valence-corrected chi connectivity index (χ0v) is 8.03. The fraction of sp³-hybridized carbons (Fsp3) is 0. The van der Waals surface area contributed by atoms with Crippen LogP contribution in [0.1, 0.15) is 10.4 Å². The van der Waals surface area contributed by atoms with Crippen molar-refractivity contribution in [1.29, 1.82) is 0 Å². The van der Waals surface area contributed by atoms with E-state index in [0.717, 1.165) is 0 Å². The minimum Gasteiger partial charge on any atom is -0.545 e. The first kappa shape index (κ1) is 10.9. The van der Waals surface area contributed by atoms with Crippen LogP contribution >= 0.6 is 22.6 Å². The van der Waals surface area contributed by atoms with Gasteiger partial charge in [0.15, 0.2) is 0 Å². The third kappa shape index (κ3) is 2.81. The van der Waals surface area contributed by atoms with Crippen LogP contribution in [0.15, 0.2) is 18.5 Å². The van der Waals surface area contributed by atoms with Crippen molar-refractivity contribution in [3.63, 3.8) is 0 Å². The van der Waals surface area contributed by atoms with Crippen LogP contribution in [0.2, 0.25) is 0 Å². The van der Waals surface area contributed by atoms with E-state index in [-0.39, 0.29) is 24.4 Å². The molecule has 52 valence electrons. The summed E-state index contributed by atoms with van der Waals surface area (Å²) < 4.78 is 0.646. The number of aromatic carboxylic acids is 1. The first-order valence-corrected chi connectivity index (χ1v) is 3.60. The van der Waals surface area contributed by atoms with E-state index in [1.807, 2.05) is 22.6 Å². The van der Waals surface area contributed by atoms with E-state index >= 15 is 0 Å². The Hall–Kier alpha value is -0.0526. The normalized spacial score (nSPS) is 8.45. The third-order valence-corrected chi connectivity index (χ3v) is 1.93. The van der Waals surface area contributed by atoms with E-state index in [1.54, 1.807) is 6.07 Å². The molecule has 3 nitrogen and oxygen atoms in total. The van der Waals surface area contributed by atoms with Crippen LogP contribution in [0, 0.1) is 3.57 Å². The molecule has 1 heterocycles. The van der Waals surface area contributed by atoms with Gasteiger partial charge in [-0.05, 0) is 28.7 Å². The van der Waals surface area contributed by atoms with Gasteiger partial charge in [-0.1, -0.05) is 0 Å². The molecule has 0 atom stereocenters. The summed E-state index contributed by atoms with van der Waals surface area (Å²) in [4.78, 5) is 13.9. The zero-order chi connectivity index (χ0) is 7.56. The Morgan fingerprint density at radius 3 is 2.64 bits per heavy atom. The van der Waals surface area contributed by atoms with Crippen molar-refractivity contribution in [2.75, 3.05) is 0 Å². The van der Waals surface area contributed by atoms with E-state index in [0.29, 0.717) is 3.57 Å². The maximum atomic E-state index is 10.3. The number of nitrogens with zero attached hydrogens (tertiary/aromatic N) is 1. The van der Waals surface area contributed by atoms with Gasteiger partial charge in [0.2, 0.25) is 0 Å². The molecule has 0 N–H and O–H groups in total. The minimum absolute atomic E-state index is 0. The summed E-state index contributed by atoms with van der Waals surface area (Å²) in [5.74, 6) is -1.18. The number of halogens is 1. The molecule has 0 unspecified atom stereocenters. The van der Waals surface area contributed by atoms with Crippen molar-refractivity contribution in [1.82, 2.24) is 4.98 Å². The number of aromatic nitrogens is 1. The average Bonchev–Trinajstić information content (AvgIpc) is 1.88. The molecule has 0 saturated carbocycles. The maximum absolute atomic E-state index is 10.3. The molecule has 0 radical (unpaired) electrons. The number of pyridine rings is 1. The van der Waals surface area contributed by atoms with Crippen molar-refractivity contribution >= 4 is 28.6 Å². The van der Waals surface area contributed by atoms with Gasteiger partial charge in [-0.2, -0.15) is 0 Å². The van der Waals surface area contributed by atoms with Crippen molar-refractivity contribution in [3.8, 4) is 0 Å². The van der Waals surface area contributed by atoms with E-state index < -0.39 is 5.97 Å². The molecular formula is C6H3ILiNO2. The van der Waals surface area contributed by atoms with Crippen LogP contribution in [-0.4, -0.2) is 11.0 Å². The van der Waals surface area contributed by atoms with Gasteiger partial charge >= 0.3 is 18.9 Å². The number of carbonyl (C=O) groups excluding carboxylic acids is 1. The second-order valence-corrected chi connectivity index (χ2v) is 2.81. The summed E-state index contributed by atoms with van der Waals surface area (Å²) in [5, 5.41) is 10.3. The molecule has 0 amide bonds. The Labute approximate surface area is 89.5 Å². The molecule has 0 aliphatic carbocycles. The largest absolute Gasteiger partial charge is 1.00 e. The van der Waals surface area contributed by atoms with Gasteiger partial charge in [-0.25, -0.2) is 0 Å². The van der Waals surface area contributed by atoms with Crippen LogP contribution in [0.25, 0.3) is 0 Å². The zero-order valence-electron chi connectivity index (χ0n) is 5.87. The van der Waals surface area contributed by atoms with Crippen LogP contribution < -0.4 is 24.0 Å². The first-order chi connectivity index (χ1) is 4.72. The Morgan fingerprint density at radius 2 is 2.27 bits per heavy atom. The van der Waals surface area contributed by atoms with Gasteiger partial charge in [0, 0.05) is 21.5 Å². The molecule has 0 aliphatic rings. The van der Waals surface area contributed by atoms with E-state index in [9.17, 15) is 9.90 Å². The molecular weight excluding hydrogens is 252 g/mol. The molecule has 11 heavy (non-hydrogen) atoms. The average molecular weight is 255 g/mol. The van der Waals surface area contributed by atoms with Gasteiger partial charge in [-0.15, -0.1) is 0 Å². The molecule has 0 aromatic carbocycles. The number of hydrogen-bond donors (Lipinski definition) is 0. The summed E-state index contributed by atoms with van der Waals surface area (Å²) in [6, 6.07) is 1.62. The van der Waals surface area contributed by atoms with Gasteiger partial charge in [0.25, 0.3) is 0 Å². The Morgan fingerprint density at radius 1 is 1.64 bits per heavy atom. The van der Waals surface area contributed by atoms with Crippen LogP contribution in [0.5, 0.6) is 0 Å². The Bertz CT molecular complexity index is 267. The number of carbonyl (C=O) groups is 1. The minimum atomic E-state index is -1.18. The van der Waals surface area contributed by atoms with Gasteiger partial charge in [0.1, 0.15) is 0 Å². The predicted molar refractivity (Wildman–Crippen MR) is 41.3 cm³/mol. The summed E-state index contributed by atoms with van der Waals surface area (Å²) in [6.45, 7) is 0. The fourth-order valence-electron chi connectivity index (χ4n) is 0.528. The molecule has 0 aliphatic heterocycles. The number of carboxylic acid groups (broad SMARTS) is 1. The van der Waals surface area contributed by atoms with Crippen molar-refractivity contribution in [3.05, 3.63) is 27.6 Å². The summed E-state index contributed by atoms with van der Waals surface area (Å²) >= 11 is 1.91. The van der Waals surface area contributed by atoms with Gasteiger partial charge < -0.3 is 9.90 Å². The summed E-state index contributed by atoms with van der Waals surface area (Å²) in [5.41, 5.74) is 0.142. The van der Waals surface area contributed by atoms with Crippen molar-refractivity contribution < 1.29 is 28.8 Å². The molecule has 1 aromatic heterocycles. The van der Waals surface area contributed by atoms with Crippen LogP contribution in [0.4, 0.5) is 0 Å². The quantitative estimate of drug-likeness (QED) is 0.398. The predicted octanol–water partition coefficient (Wildman–Crippen LogP) is -2.95. The fourth-order valence-corrected chi connectivity index (χ4v) is 1.05. The molecule has 0 bridgehead atoms. The van der Waals surface area contributed by atoms with E-state index in [2.05, 4.69) is 4.98 Å². The Kier molecular flexibility index (Phi) is 4.73. The van der Waals surface area contributed by atoms with Gasteiger partial charge in [-0.3, -0.25) is 4.98 Å². The summed E-state index contributed by atoms with van der Waals surface area (Å²) in [6.07, 6.45) is 2.81. The molecule has 5 heteroatoms. The monoisotopic (exact) mass is 255 g/mol. The van der Waals surface area contributed by atoms with E-state index in [4.69, 9.17) is 0 Å². The van der Waals surface area contributed by atoms with Crippen molar-refractivity contribution in [2.24, 2.45) is 0 Å². The number of hydrogen-bond acceptors (Lipinski definition) is 3. The summed E-state index contributed by atoms with van der Waals surface area (Å²) in [7, 11) is 0. The van der Waals surface area contributed by atoms with Crippen LogP contribution in [0.3, 0.4) is 0 Å². The second kappa shape index (κ2) is 4.75. The first-order valence-electron chi connectivity index (χ1n) is 2.52. The third-order valence-electron chi connectivity index (χ3n) is 0.988. The van der Waals surface area contributed by atoms with Crippen LogP contribution in [-0.2, 0) is 0 Å². The van der Waals surface area contributed by atoms with E-state index in [1.165, 1.54) is 12.4 Å². The second-order valence-electron chi connectivity index (χ2n) is 1.64. The molecule has 0 fully saturated rings. The Balaban J connectivity index is 0.000001000. The molecule has 0 saturated heterocycles. The number of rotatable bonds is 1. The smallest absolute Gasteiger partial charge is 0.545 e. The topological polar surface area (TPSA) is 53.0 Å². The van der Waals surface area contributed by atoms with Gasteiger partial charge in [0.05, 0.1) is 5.97 Å². The SMILES string of the molecule is O=C([O-])c1cnccc1I.[Li+]. The molecule has 1 aromatic rings.